The number of piperidine rings is 1. The van der Waals surface area contributed by atoms with E-state index in [1.807, 2.05) is 30.3 Å². The summed E-state index contributed by atoms with van der Waals surface area (Å²) in [7, 11) is 0. The Hall–Kier alpha value is -1.96. The molecular formula is C20H25NO6. The third kappa shape index (κ3) is 3.59. The smallest absolute Gasteiger partial charge is 0.314 e. The van der Waals surface area contributed by atoms with Gasteiger partial charge in [0.2, 0.25) is 0 Å². The lowest BCUT2D eigenvalue weighted by atomic mass is 10.00. The van der Waals surface area contributed by atoms with Gasteiger partial charge < -0.3 is 24.6 Å². The monoisotopic (exact) mass is 375 g/mol. The van der Waals surface area contributed by atoms with Gasteiger partial charge in [-0.2, -0.15) is 0 Å². The Balaban J connectivity index is 1.34. The lowest BCUT2D eigenvalue weighted by Crippen LogP contribution is -2.40. The lowest BCUT2D eigenvalue weighted by Gasteiger charge is -2.31. The molecule has 1 aromatic carbocycles. The molecule has 2 aliphatic heterocycles. The molecule has 0 amide bonds. The number of carboxylic acid groups (broad SMARTS) is 1. The second-order valence-electron chi connectivity index (χ2n) is 7.68. The number of aliphatic carboxylic acids is 1. The number of rotatable bonds is 7. The molecule has 1 aliphatic carbocycles. The van der Waals surface area contributed by atoms with Crippen LogP contribution in [0.5, 0.6) is 0 Å². The second-order valence-corrected chi connectivity index (χ2v) is 7.68. The molecule has 1 saturated carbocycles. The van der Waals surface area contributed by atoms with Gasteiger partial charge in [-0.1, -0.05) is 30.3 Å². The van der Waals surface area contributed by atoms with Gasteiger partial charge in [0.25, 0.3) is 0 Å². The van der Waals surface area contributed by atoms with Gasteiger partial charge in [-0.3, -0.25) is 9.59 Å². The van der Waals surface area contributed by atoms with Crippen LogP contribution in [-0.4, -0.2) is 49.6 Å². The Morgan fingerprint density at radius 1 is 1.30 bits per heavy atom. The van der Waals surface area contributed by atoms with E-state index in [1.165, 1.54) is 0 Å². The number of nitrogens with one attached hydrogen (secondary N) is 1. The zero-order valence-corrected chi connectivity index (χ0v) is 15.1. The van der Waals surface area contributed by atoms with Crippen LogP contribution in [-0.2, 0) is 30.4 Å². The van der Waals surface area contributed by atoms with E-state index >= 15 is 0 Å². The van der Waals surface area contributed by atoms with E-state index in [2.05, 4.69) is 5.32 Å². The largest absolute Gasteiger partial charge is 0.481 e. The summed E-state index contributed by atoms with van der Waals surface area (Å²) in [5.41, 5.74) is 0.562. The van der Waals surface area contributed by atoms with Gasteiger partial charge >= 0.3 is 11.9 Å². The fraction of sp³-hybridized carbons (Fsp3) is 0.600. The summed E-state index contributed by atoms with van der Waals surface area (Å²) in [6.07, 6.45) is 0.751. The first-order valence-corrected chi connectivity index (χ1v) is 9.49. The third-order valence-electron chi connectivity index (χ3n) is 6.05. The number of ether oxygens (including phenoxy) is 3. The van der Waals surface area contributed by atoms with E-state index in [1.54, 1.807) is 0 Å². The minimum atomic E-state index is -0.770. The maximum Gasteiger partial charge on any atom is 0.314 e. The molecule has 0 radical (unpaired) electrons. The Labute approximate surface area is 158 Å². The molecule has 5 unspecified atom stereocenters. The molecule has 4 rings (SSSR count). The van der Waals surface area contributed by atoms with Crippen molar-refractivity contribution in [2.75, 3.05) is 26.3 Å². The molecule has 7 nitrogen and oxygen atoms in total. The van der Waals surface area contributed by atoms with Crippen molar-refractivity contribution in [3.05, 3.63) is 35.9 Å². The average molecular weight is 375 g/mol. The number of esters is 1. The molecular weight excluding hydrogens is 350 g/mol. The van der Waals surface area contributed by atoms with Gasteiger partial charge in [-0.05, 0) is 30.9 Å². The molecule has 5 atom stereocenters. The first-order chi connectivity index (χ1) is 13.1. The molecule has 146 valence electrons. The Morgan fingerprint density at radius 3 is 2.85 bits per heavy atom. The number of hydrogen-bond acceptors (Lipinski definition) is 6. The van der Waals surface area contributed by atoms with Crippen molar-refractivity contribution in [2.24, 2.45) is 23.2 Å². The summed E-state index contributed by atoms with van der Waals surface area (Å²) in [6, 6.07) is 9.53. The van der Waals surface area contributed by atoms with Gasteiger partial charge in [0.15, 0.2) is 6.29 Å². The van der Waals surface area contributed by atoms with Crippen LogP contribution in [0.15, 0.2) is 30.3 Å². The molecule has 2 N–H and O–H groups in total. The summed E-state index contributed by atoms with van der Waals surface area (Å²) in [6.45, 7) is 2.37. The molecule has 7 heteroatoms. The SMILES string of the molecule is O=C(OCc1ccccc1)C1CCCOC1OCC12CNCC1C2C(=O)O. The van der Waals surface area contributed by atoms with Crippen molar-refractivity contribution in [3.8, 4) is 0 Å². The van der Waals surface area contributed by atoms with Crippen LogP contribution in [0, 0.1) is 23.2 Å². The van der Waals surface area contributed by atoms with Gasteiger partial charge in [-0.25, -0.2) is 0 Å². The van der Waals surface area contributed by atoms with Gasteiger partial charge in [0.1, 0.15) is 12.5 Å². The molecule has 1 aromatic rings. The zero-order valence-electron chi connectivity index (χ0n) is 15.1. The quantitative estimate of drug-likeness (QED) is 0.696. The van der Waals surface area contributed by atoms with Crippen LogP contribution in [0.4, 0.5) is 0 Å². The summed E-state index contributed by atoms with van der Waals surface area (Å²) in [5, 5.41) is 12.6. The predicted molar refractivity (Wildman–Crippen MR) is 94.6 cm³/mol. The minimum absolute atomic E-state index is 0.0991. The first kappa shape index (κ1) is 18.4. The molecule has 0 bridgehead atoms. The van der Waals surface area contributed by atoms with Crippen molar-refractivity contribution >= 4 is 11.9 Å². The van der Waals surface area contributed by atoms with Crippen LogP contribution in [0.25, 0.3) is 0 Å². The number of hydrogen-bond donors (Lipinski definition) is 2. The summed E-state index contributed by atoms with van der Waals surface area (Å²) < 4.78 is 17.1. The number of fused-ring (bicyclic) bond motifs is 1. The van der Waals surface area contributed by atoms with Crippen molar-refractivity contribution in [3.63, 3.8) is 0 Å². The van der Waals surface area contributed by atoms with E-state index in [9.17, 15) is 14.7 Å². The van der Waals surface area contributed by atoms with E-state index in [0.717, 1.165) is 12.0 Å². The van der Waals surface area contributed by atoms with Gasteiger partial charge in [-0.15, -0.1) is 0 Å². The van der Waals surface area contributed by atoms with E-state index < -0.39 is 18.2 Å². The van der Waals surface area contributed by atoms with E-state index in [-0.39, 0.29) is 36.4 Å². The lowest BCUT2D eigenvalue weighted by molar-refractivity contribution is -0.213. The van der Waals surface area contributed by atoms with E-state index in [4.69, 9.17) is 14.2 Å². The van der Waals surface area contributed by atoms with Crippen LogP contribution in [0.3, 0.4) is 0 Å². The van der Waals surface area contributed by atoms with Crippen LogP contribution in [0.1, 0.15) is 18.4 Å². The normalized spacial score (nSPS) is 34.7. The molecule has 3 aliphatic rings. The van der Waals surface area contributed by atoms with Gasteiger partial charge in [0, 0.05) is 18.6 Å². The summed E-state index contributed by atoms with van der Waals surface area (Å²) >= 11 is 0. The van der Waals surface area contributed by atoms with Crippen molar-refractivity contribution in [1.29, 1.82) is 0 Å². The Kier molecular flexibility index (Phi) is 5.16. The highest BCUT2D eigenvalue weighted by molar-refractivity contribution is 5.76. The van der Waals surface area contributed by atoms with Crippen molar-refractivity contribution < 1.29 is 28.9 Å². The second kappa shape index (κ2) is 7.58. The van der Waals surface area contributed by atoms with Crippen LogP contribution in [0.2, 0.25) is 0 Å². The highest BCUT2D eigenvalue weighted by Gasteiger charge is 2.70. The fourth-order valence-electron chi connectivity index (χ4n) is 4.49. The summed E-state index contributed by atoms with van der Waals surface area (Å²) in [4.78, 5) is 24.0. The van der Waals surface area contributed by atoms with E-state index in [0.29, 0.717) is 26.1 Å². The Bertz CT molecular complexity index is 695. The average Bonchev–Trinajstić information content (AvgIpc) is 3.14. The third-order valence-corrected chi connectivity index (χ3v) is 6.05. The Morgan fingerprint density at radius 2 is 2.11 bits per heavy atom. The number of carbonyl (C=O) groups is 2. The topological polar surface area (TPSA) is 94.1 Å². The first-order valence-electron chi connectivity index (χ1n) is 9.49. The maximum absolute atomic E-state index is 12.6. The molecule has 2 heterocycles. The van der Waals surface area contributed by atoms with Crippen molar-refractivity contribution in [2.45, 2.75) is 25.7 Å². The fourth-order valence-corrected chi connectivity index (χ4v) is 4.49. The standard InChI is InChI=1S/C20H25NO6/c22-17(23)16-15-9-21-11-20(15,16)12-27-19-14(7-4-8-25-19)18(24)26-10-13-5-2-1-3-6-13/h1-3,5-6,14-16,19,21H,4,7-12H2,(H,22,23). The molecule has 2 saturated heterocycles. The van der Waals surface area contributed by atoms with Crippen molar-refractivity contribution in [1.82, 2.24) is 5.32 Å². The number of benzene rings is 1. The minimum Gasteiger partial charge on any atom is -0.481 e. The maximum atomic E-state index is 12.6. The highest BCUT2D eigenvalue weighted by atomic mass is 16.7. The highest BCUT2D eigenvalue weighted by Crippen LogP contribution is 2.61. The number of carbonyl (C=O) groups excluding carboxylic acids is 1. The number of carboxylic acids is 1. The molecule has 0 aromatic heterocycles. The molecule has 3 fully saturated rings. The predicted octanol–water partition coefficient (Wildman–Crippen LogP) is 1.42. The van der Waals surface area contributed by atoms with Crippen LogP contribution < -0.4 is 5.32 Å². The molecule has 27 heavy (non-hydrogen) atoms. The van der Waals surface area contributed by atoms with Gasteiger partial charge in [0.05, 0.1) is 12.5 Å². The molecule has 0 spiro atoms. The summed E-state index contributed by atoms with van der Waals surface area (Å²) in [5.74, 6) is -1.84. The van der Waals surface area contributed by atoms with Crippen LogP contribution >= 0.6 is 0 Å². The zero-order chi connectivity index (χ0) is 18.9.